The molecule has 4 bridgehead atoms. The van der Waals surface area contributed by atoms with E-state index in [0.29, 0.717) is 11.8 Å². The molecule has 3 fully saturated rings. The molecule has 0 aliphatic heterocycles. The summed E-state index contributed by atoms with van der Waals surface area (Å²) in [6.45, 7) is 0. The highest BCUT2D eigenvalue weighted by Crippen LogP contribution is 2.58. The molecule has 3 aliphatic carbocycles. The second kappa shape index (κ2) is 2.48. The highest BCUT2D eigenvalue weighted by Gasteiger charge is 2.59. The van der Waals surface area contributed by atoms with Crippen molar-refractivity contribution in [3.63, 3.8) is 0 Å². The summed E-state index contributed by atoms with van der Waals surface area (Å²) in [5.74, 6) is 1.34. The molecule has 74 valence electrons. The zero-order chi connectivity index (χ0) is 9.05. The highest BCUT2D eigenvalue weighted by atomic mass is 16.3. The van der Waals surface area contributed by atoms with Gasteiger partial charge in [0.15, 0.2) is 0 Å². The predicted octanol–water partition coefficient (Wildman–Crippen LogP) is 1.31. The topological polar surface area (TPSA) is 40.5 Å². The van der Waals surface area contributed by atoms with E-state index in [1.165, 1.54) is 12.8 Å². The second-order valence-electron chi connectivity index (χ2n) is 5.24. The first-order valence-corrected chi connectivity index (χ1v) is 5.62. The van der Waals surface area contributed by atoms with Gasteiger partial charge in [-0.15, -0.1) is 0 Å². The molecule has 0 aromatic rings. The van der Waals surface area contributed by atoms with Crippen LogP contribution in [0.3, 0.4) is 0 Å². The minimum absolute atomic E-state index is 0.203. The van der Waals surface area contributed by atoms with Gasteiger partial charge in [-0.1, -0.05) is 6.42 Å². The zero-order valence-corrected chi connectivity index (χ0v) is 7.95. The predicted molar refractivity (Wildman–Crippen MR) is 49.1 cm³/mol. The van der Waals surface area contributed by atoms with E-state index in [1.807, 2.05) is 0 Å². The molecule has 0 saturated heterocycles. The SMILES string of the molecule is OC1CC2CCCC3(O)C1CCC23. The molecular formula is C11H18O2. The van der Waals surface area contributed by atoms with Gasteiger partial charge in [0.05, 0.1) is 11.7 Å². The molecule has 0 heterocycles. The van der Waals surface area contributed by atoms with Crippen LogP contribution >= 0.6 is 0 Å². The lowest BCUT2D eigenvalue weighted by molar-refractivity contribution is -0.152. The molecule has 0 aromatic carbocycles. The Labute approximate surface area is 79.0 Å². The second-order valence-corrected chi connectivity index (χ2v) is 5.24. The molecular weight excluding hydrogens is 164 g/mol. The summed E-state index contributed by atoms with van der Waals surface area (Å²) in [5.41, 5.74) is -0.472. The van der Waals surface area contributed by atoms with Crippen molar-refractivity contribution in [1.29, 1.82) is 0 Å². The fourth-order valence-electron chi connectivity index (χ4n) is 4.28. The van der Waals surface area contributed by atoms with E-state index in [1.54, 1.807) is 0 Å². The van der Waals surface area contributed by atoms with E-state index >= 15 is 0 Å². The molecule has 2 heteroatoms. The van der Waals surface area contributed by atoms with Gasteiger partial charge in [0.2, 0.25) is 0 Å². The van der Waals surface area contributed by atoms with Crippen molar-refractivity contribution in [2.24, 2.45) is 17.8 Å². The van der Waals surface area contributed by atoms with Gasteiger partial charge >= 0.3 is 0 Å². The van der Waals surface area contributed by atoms with Gasteiger partial charge < -0.3 is 10.2 Å². The molecule has 2 nitrogen and oxygen atoms in total. The Hall–Kier alpha value is -0.0800. The Morgan fingerprint density at radius 3 is 2.69 bits per heavy atom. The largest absolute Gasteiger partial charge is 0.393 e. The van der Waals surface area contributed by atoms with E-state index in [2.05, 4.69) is 0 Å². The van der Waals surface area contributed by atoms with Gasteiger partial charge in [0.25, 0.3) is 0 Å². The summed E-state index contributed by atoms with van der Waals surface area (Å²) in [6, 6.07) is 0. The summed E-state index contributed by atoms with van der Waals surface area (Å²) in [4.78, 5) is 0. The van der Waals surface area contributed by atoms with Crippen LogP contribution in [0.1, 0.15) is 38.5 Å². The number of rotatable bonds is 0. The smallest absolute Gasteiger partial charge is 0.0731 e. The fourth-order valence-corrected chi connectivity index (χ4v) is 4.28. The maximum atomic E-state index is 10.5. The first-order valence-electron chi connectivity index (χ1n) is 5.62. The molecule has 0 amide bonds. The van der Waals surface area contributed by atoms with Gasteiger partial charge in [-0.3, -0.25) is 0 Å². The van der Waals surface area contributed by atoms with Crippen molar-refractivity contribution >= 4 is 0 Å². The first kappa shape index (κ1) is 8.25. The minimum Gasteiger partial charge on any atom is -0.393 e. The van der Waals surface area contributed by atoms with Crippen molar-refractivity contribution < 1.29 is 10.2 Å². The van der Waals surface area contributed by atoms with E-state index < -0.39 is 5.60 Å². The van der Waals surface area contributed by atoms with Gasteiger partial charge in [-0.25, -0.2) is 0 Å². The van der Waals surface area contributed by atoms with Crippen LogP contribution in [0.2, 0.25) is 0 Å². The standard InChI is InChI=1S/C11H18O2/c12-10-6-7-2-1-5-11(13)8(7)3-4-9(10)11/h7-10,12-13H,1-6H2. The molecule has 3 saturated carbocycles. The number of aliphatic hydroxyl groups is 2. The Balaban J connectivity index is 2.00. The maximum absolute atomic E-state index is 10.5. The Kier molecular flexibility index (Phi) is 1.58. The summed E-state index contributed by atoms with van der Waals surface area (Å²) in [6.07, 6.45) is 6.29. The molecule has 0 spiro atoms. The molecule has 2 N–H and O–H groups in total. The average molecular weight is 182 g/mol. The average Bonchev–Trinajstić information content (AvgIpc) is 2.31. The van der Waals surface area contributed by atoms with Crippen LogP contribution in [0.4, 0.5) is 0 Å². The summed E-state index contributed by atoms with van der Waals surface area (Å²) >= 11 is 0. The lowest BCUT2D eigenvalue weighted by Gasteiger charge is -2.49. The third-order valence-electron chi connectivity index (χ3n) is 4.80. The number of hydrogen-bond donors (Lipinski definition) is 2. The summed E-state index contributed by atoms with van der Waals surface area (Å²) < 4.78 is 0. The van der Waals surface area contributed by atoms with Crippen LogP contribution in [0.15, 0.2) is 0 Å². The van der Waals surface area contributed by atoms with Crippen LogP contribution in [-0.2, 0) is 0 Å². The minimum atomic E-state index is -0.472. The maximum Gasteiger partial charge on any atom is 0.0731 e. The first-order chi connectivity index (χ1) is 6.22. The molecule has 5 unspecified atom stereocenters. The van der Waals surface area contributed by atoms with Crippen molar-refractivity contribution in [2.45, 2.75) is 50.2 Å². The molecule has 3 rings (SSSR count). The Bertz CT molecular complexity index is 220. The molecule has 3 aliphatic rings. The fraction of sp³-hybridized carbons (Fsp3) is 1.00. The number of aliphatic hydroxyl groups excluding tert-OH is 1. The van der Waals surface area contributed by atoms with Crippen LogP contribution in [0.25, 0.3) is 0 Å². The third-order valence-corrected chi connectivity index (χ3v) is 4.80. The lowest BCUT2D eigenvalue weighted by atomic mass is 9.61. The summed E-state index contributed by atoms with van der Waals surface area (Å²) in [5, 5.41) is 20.4. The summed E-state index contributed by atoms with van der Waals surface area (Å²) in [7, 11) is 0. The molecule has 5 atom stereocenters. The van der Waals surface area contributed by atoms with Crippen molar-refractivity contribution in [1.82, 2.24) is 0 Å². The van der Waals surface area contributed by atoms with Crippen LogP contribution in [0.5, 0.6) is 0 Å². The van der Waals surface area contributed by atoms with E-state index in [9.17, 15) is 10.2 Å². The molecule has 0 aromatic heterocycles. The van der Waals surface area contributed by atoms with Gasteiger partial charge in [-0.05, 0) is 43.9 Å². The zero-order valence-electron chi connectivity index (χ0n) is 7.95. The lowest BCUT2D eigenvalue weighted by Crippen LogP contribution is -2.54. The van der Waals surface area contributed by atoms with Crippen molar-refractivity contribution in [3.8, 4) is 0 Å². The van der Waals surface area contributed by atoms with Gasteiger partial charge in [0.1, 0.15) is 0 Å². The van der Waals surface area contributed by atoms with E-state index in [4.69, 9.17) is 0 Å². The molecule has 0 radical (unpaired) electrons. The van der Waals surface area contributed by atoms with Crippen molar-refractivity contribution in [3.05, 3.63) is 0 Å². The Morgan fingerprint density at radius 1 is 1.08 bits per heavy atom. The highest BCUT2D eigenvalue weighted by molar-refractivity contribution is 5.09. The molecule has 13 heavy (non-hydrogen) atoms. The van der Waals surface area contributed by atoms with Gasteiger partial charge in [0, 0.05) is 5.92 Å². The Morgan fingerprint density at radius 2 is 1.85 bits per heavy atom. The third kappa shape index (κ3) is 0.909. The number of hydrogen-bond acceptors (Lipinski definition) is 2. The quantitative estimate of drug-likeness (QED) is 0.593. The van der Waals surface area contributed by atoms with Crippen LogP contribution < -0.4 is 0 Å². The normalized spacial score (nSPS) is 59.5. The van der Waals surface area contributed by atoms with Gasteiger partial charge in [-0.2, -0.15) is 0 Å². The van der Waals surface area contributed by atoms with Crippen LogP contribution in [-0.4, -0.2) is 21.9 Å². The van der Waals surface area contributed by atoms with Crippen LogP contribution in [0, 0.1) is 17.8 Å². The van der Waals surface area contributed by atoms with E-state index in [-0.39, 0.29) is 12.0 Å². The van der Waals surface area contributed by atoms with E-state index in [0.717, 1.165) is 25.7 Å². The van der Waals surface area contributed by atoms with Crippen molar-refractivity contribution in [2.75, 3.05) is 0 Å². The monoisotopic (exact) mass is 182 g/mol.